The minimum Gasteiger partial charge on any atom is -0.350 e. The van der Waals surface area contributed by atoms with Crippen molar-refractivity contribution in [2.24, 2.45) is 0 Å². The maximum absolute atomic E-state index is 11.6. The lowest BCUT2D eigenvalue weighted by Gasteiger charge is -2.33. The van der Waals surface area contributed by atoms with Crippen LogP contribution in [-0.2, 0) is 16.0 Å². The Kier molecular flexibility index (Phi) is 4.20. The van der Waals surface area contributed by atoms with Crippen molar-refractivity contribution < 1.29 is 9.59 Å². The first-order valence-corrected chi connectivity index (χ1v) is 6.81. The number of carbonyl (C=O) groups excluding carboxylic acids is 2. The molecule has 1 heterocycles. The summed E-state index contributed by atoms with van der Waals surface area (Å²) in [5, 5.41) is 2.35. The number of anilines is 1. The average molecular weight is 260 g/mol. The van der Waals surface area contributed by atoms with Crippen LogP contribution >= 0.6 is 0 Å². The lowest BCUT2D eigenvalue weighted by atomic mass is 10.1. The Hall–Kier alpha value is -1.84. The number of hydrogen-bond acceptors (Lipinski definition) is 3. The summed E-state index contributed by atoms with van der Waals surface area (Å²) in [6, 6.07) is 7.84. The number of unbranched alkanes of at least 4 members (excludes halogenated alkanes) is 1. The van der Waals surface area contributed by atoms with E-state index in [1.54, 1.807) is 0 Å². The van der Waals surface area contributed by atoms with Gasteiger partial charge in [-0.1, -0.05) is 25.5 Å². The van der Waals surface area contributed by atoms with Crippen LogP contribution in [0.25, 0.3) is 0 Å². The third kappa shape index (κ3) is 3.13. The summed E-state index contributed by atoms with van der Waals surface area (Å²) in [6.45, 7) is 4.22. The number of benzene rings is 1. The molecular formula is C15H20N2O2. The first-order valence-electron chi connectivity index (χ1n) is 6.81. The average Bonchev–Trinajstić information content (AvgIpc) is 2.41. The number of hydrogen-bond donors (Lipinski definition) is 1. The van der Waals surface area contributed by atoms with Gasteiger partial charge in [0, 0.05) is 5.69 Å². The molecule has 4 heteroatoms. The number of amides is 2. The molecule has 2 amide bonds. The first-order chi connectivity index (χ1) is 9.11. The van der Waals surface area contributed by atoms with Crippen molar-refractivity contribution in [3.8, 4) is 0 Å². The molecule has 0 aliphatic carbocycles. The second-order valence-electron chi connectivity index (χ2n) is 4.99. The minimum absolute atomic E-state index is 0.230. The molecule has 1 unspecified atom stereocenters. The fourth-order valence-corrected chi connectivity index (χ4v) is 2.26. The fourth-order valence-electron chi connectivity index (χ4n) is 2.26. The van der Waals surface area contributed by atoms with Gasteiger partial charge in [0.25, 0.3) is 0 Å². The number of imide groups is 1. The predicted molar refractivity (Wildman–Crippen MR) is 75.0 cm³/mol. The molecule has 1 saturated heterocycles. The second kappa shape index (κ2) is 5.87. The van der Waals surface area contributed by atoms with Gasteiger partial charge >= 0.3 is 0 Å². The Morgan fingerprint density at radius 2 is 1.95 bits per heavy atom. The smallest absolute Gasteiger partial charge is 0.249 e. The third-order valence-corrected chi connectivity index (χ3v) is 3.51. The van der Waals surface area contributed by atoms with Gasteiger partial charge in [0.1, 0.15) is 6.04 Å². The molecule has 19 heavy (non-hydrogen) atoms. The van der Waals surface area contributed by atoms with Gasteiger partial charge in [-0.3, -0.25) is 14.9 Å². The molecule has 1 aromatic carbocycles. The van der Waals surface area contributed by atoms with E-state index in [-0.39, 0.29) is 24.4 Å². The molecule has 0 spiro atoms. The van der Waals surface area contributed by atoms with Crippen LogP contribution in [0, 0.1) is 0 Å². The molecule has 1 atom stereocenters. The lowest BCUT2D eigenvalue weighted by Crippen LogP contribution is -2.57. The van der Waals surface area contributed by atoms with Gasteiger partial charge in [-0.25, -0.2) is 0 Å². The van der Waals surface area contributed by atoms with Gasteiger partial charge in [0.05, 0.1) is 6.54 Å². The highest BCUT2D eigenvalue weighted by Crippen LogP contribution is 2.20. The minimum atomic E-state index is -0.306. The van der Waals surface area contributed by atoms with Crippen molar-refractivity contribution in [1.82, 2.24) is 5.32 Å². The number of carbonyl (C=O) groups is 2. The Morgan fingerprint density at radius 1 is 1.26 bits per heavy atom. The Morgan fingerprint density at radius 3 is 2.58 bits per heavy atom. The van der Waals surface area contributed by atoms with Crippen LogP contribution in [0.3, 0.4) is 0 Å². The topological polar surface area (TPSA) is 49.4 Å². The SMILES string of the molecule is CCCCc1ccc(N2CC(=O)NC(=O)C2C)cc1. The zero-order valence-corrected chi connectivity index (χ0v) is 11.5. The summed E-state index contributed by atoms with van der Waals surface area (Å²) >= 11 is 0. The van der Waals surface area contributed by atoms with Gasteiger partial charge < -0.3 is 4.90 Å². The molecule has 102 valence electrons. The number of nitrogens with zero attached hydrogens (tertiary/aromatic N) is 1. The Balaban J connectivity index is 2.12. The summed E-state index contributed by atoms with van der Waals surface area (Å²) < 4.78 is 0. The zero-order valence-electron chi connectivity index (χ0n) is 11.5. The molecular weight excluding hydrogens is 240 g/mol. The van der Waals surface area contributed by atoms with Crippen molar-refractivity contribution in [2.75, 3.05) is 11.4 Å². The van der Waals surface area contributed by atoms with Gasteiger partial charge in [-0.2, -0.15) is 0 Å². The van der Waals surface area contributed by atoms with E-state index >= 15 is 0 Å². The molecule has 0 saturated carbocycles. The number of aryl methyl sites for hydroxylation is 1. The Bertz CT molecular complexity index is 468. The van der Waals surface area contributed by atoms with Crippen LogP contribution in [0.5, 0.6) is 0 Å². The third-order valence-electron chi connectivity index (χ3n) is 3.51. The van der Waals surface area contributed by atoms with E-state index in [4.69, 9.17) is 0 Å². The number of rotatable bonds is 4. The normalized spacial score (nSPS) is 19.5. The van der Waals surface area contributed by atoms with Crippen molar-refractivity contribution in [1.29, 1.82) is 0 Å². The Labute approximate surface area is 113 Å². The van der Waals surface area contributed by atoms with Crippen molar-refractivity contribution >= 4 is 17.5 Å². The standard InChI is InChI=1S/C15H20N2O2/c1-3-4-5-12-6-8-13(9-7-12)17-10-14(18)16-15(19)11(17)2/h6-9,11H,3-5,10H2,1-2H3,(H,16,18,19). The van der Waals surface area contributed by atoms with Crippen molar-refractivity contribution in [3.05, 3.63) is 29.8 Å². The predicted octanol–water partition coefficient (Wildman–Crippen LogP) is 1.88. The highest BCUT2D eigenvalue weighted by molar-refractivity contribution is 6.04. The molecule has 1 aromatic rings. The molecule has 1 fully saturated rings. The van der Waals surface area contributed by atoms with E-state index in [1.807, 2.05) is 24.0 Å². The van der Waals surface area contributed by atoms with Crippen molar-refractivity contribution in [3.63, 3.8) is 0 Å². The van der Waals surface area contributed by atoms with E-state index in [9.17, 15) is 9.59 Å². The summed E-state index contributed by atoms with van der Waals surface area (Å²) in [6.07, 6.45) is 3.44. The maximum atomic E-state index is 11.6. The van der Waals surface area contributed by atoms with Gasteiger partial charge in [-0.15, -0.1) is 0 Å². The van der Waals surface area contributed by atoms with Gasteiger partial charge in [-0.05, 0) is 37.5 Å². The van der Waals surface area contributed by atoms with Crippen molar-refractivity contribution in [2.45, 2.75) is 39.2 Å². The second-order valence-corrected chi connectivity index (χ2v) is 4.99. The highest BCUT2D eigenvalue weighted by atomic mass is 16.2. The van der Waals surface area contributed by atoms with Gasteiger partial charge in [0.2, 0.25) is 11.8 Å². The van der Waals surface area contributed by atoms with Gasteiger partial charge in [0.15, 0.2) is 0 Å². The molecule has 1 aliphatic heterocycles. The van der Waals surface area contributed by atoms with E-state index < -0.39 is 0 Å². The molecule has 1 N–H and O–H groups in total. The molecule has 2 rings (SSSR count). The van der Waals surface area contributed by atoms with Crippen LogP contribution < -0.4 is 10.2 Å². The van der Waals surface area contributed by atoms with Crippen LogP contribution in [0.1, 0.15) is 32.3 Å². The van der Waals surface area contributed by atoms with Crippen LogP contribution in [0.15, 0.2) is 24.3 Å². The van der Waals surface area contributed by atoms with E-state index in [2.05, 4.69) is 24.4 Å². The summed E-state index contributed by atoms with van der Waals surface area (Å²) in [5.74, 6) is -0.468. The van der Waals surface area contributed by atoms with Crippen LogP contribution in [0.2, 0.25) is 0 Å². The van der Waals surface area contributed by atoms with E-state index in [0.29, 0.717) is 0 Å². The fraction of sp³-hybridized carbons (Fsp3) is 0.467. The molecule has 0 aromatic heterocycles. The molecule has 0 radical (unpaired) electrons. The summed E-state index contributed by atoms with van der Waals surface area (Å²) in [4.78, 5) is 24.9. The molecule has 0 bridgehead atoms. The monoisotopic (exact) mass is 260 g/mol. The summed E-state index contributed by atoms with van der Waals surface area (Å²) in [5.41, 5.74) is 2.22. The molecule has 4 nitrogen and oxygen atoms in total. The van der Waals surface area contributed by atoms with E-state index in [1.165, 1.54) is 18.4 Å². The van der Waals surface area contributed by atoms with E-state index in [0.717, 1.165) is 12.1 Å². The maximum Gasteiger partial charge on any atom is 0.249 e. The highest BCUT2D eigenvalue weighted by Gasteiger charge is 2.30. The first kappa shape index (κ1) is 13.6. The summed E-state index contributed by atoms with van der Waals surface area (Å²) in [7, 11) is 0. The quantitative estimate of drug-likeness (QED) is 0.841. The largest absolute Gasteiger partial charge is 0.350 e. The van der Waals surface area contributed by atoms with Crippen LogP contribution in [-0.4, -0.2) is 24.4 Å². The van der Waals surface area contributed by atoms with Crippen LogP contribution in [0.4, 0.5) is 5.69 Å². The molecule has 1 aliphatic rings. The lowest BCUT2D eigenvalue weighted by molar-refractivity contribution is -0.132. The zero-order chi connectivity index (χ0) is 13.8. The number of nitrogens with one attached hydrogen (secondary N) is 1. The number of piperazine rings is 1.